The Bertz CT molecular complexity index is 333. The molecule has 4 heteroatoms. The third-order valence-corrected chi connectivity index (χ3v) is 3.41. The largest absolute Gasteiger partial charge is 0.310 e. The Kier molecular flexibility index (Phi) is 7.72. The lowest BCUT2D eigenvalue weighted by molar-refractivity contribution is 0.370. The predicted molar refractivity (Wildman–Crippen MR) is 79.9 cm³/mol. The second-order valence-electron chi connectivity index (χ2n) is 5.82. The molecule has 0 aliphatic rings. The van der Waals surface area contributed by atoms with E-state index in [1.54, 1.807) is 0 Å². The van der Waals surface area contributed by atoms with Gasteiger partial charge in [-0.15, -0.1) is 0 Å². The normalized spacial score (nSPS) is 13.1. The zero-order valence-corrected chi connectivity index (χ0v) is 13.0. The van der Waals surface area contributed by atoms with Gasteiger partial charge in [-0.3, -0.25) is 4.68 Å². The first kappa shape index (κ1) is 16.2. The van der Waals surface area contributed by atoms with Gasteiger partial charge in [0.2, 0.25) is 0 Å². The maximum atomic E-state index is 4.55. The van der Waals surface area contributed by atoms with Crippen molar-refractivity contribution < 1.29 is 0 Å². The molecule has 0 aliphatic heterocycles. The number of aromatic nitrogens is 3. The van der Waals surface area contributed by atoms with Gasteiger partial charge in [0.25, 0.3) is 0 Å². The minimum absolute atomic E-state index is 0.667. The molecule has 110 valence electrons. The number of nitrogens with zero attached hydrogens (tertiary/aromatic N) is 3. The highest BCUT2D eigenvalue weighted by Gasteiger charge is 2.08. The molecule has 1 rings (SSSR count). The van der Waals surface area contributed by atoms with E-state index in [0.29, 0.717) is 5.92 Å². The molecule has 0 saturated heterocycles. The number of hydrogen-bond acceptors (Lipinski definition) is 3. The van der Waals surface area contributed by atoms with Crippen LogP contribution in [-0.2, 0) is 13.1 Å². The van der Waals surface area contributed by atoms with E-state index in [1.807, 2.05) is 11.0 Å². The Morgan fingerprint density at radius 2 is 2.11 bits per heavy atom. The molecule has 0 saturated carbocycles. The monoisotopic (exact) mass is 266 g/mol. The fourth-order valence-electron chi connectivity index (χ4n) is 2.16. The van der Waals surface area contributed by atoms with Crippen molar-refractivity contribution in [3.8, 4) is 0 Å². The van der Waals surface area contributed by atoms with Gasteiger partial charge in [-0.25, -0.2) is 4.98 Å². The highest BCUT2D eigenvalue weighted by atomic mass is 15.3. The van der Waals surface area contributed by atoms with Crippen LogP contribution < -0.4 is 5.32 Å². The summed E-state index contributed by atoms with van der Waals surface area (Å²) in [6.45, 7) is 11.7. The average Bonchev–Trinajstić information content (AvgIpc) is 2.81. The van der Waals surface area contributed by atoms with E-state index in [1.165, 1.54) is 25.7 Å². The van der Waals surface area contributed by atoms with E-state index in [-0.39, 0.29) is 0 Å². The van der Waals surface area contributed by atoms with Crippen molar-refractivity contribution in [2.75, 3.05) is 6.54 Å². The Morgan fingerprint density at radius 3 is 2.74 bits per heavy atom. The summed E-state index contributed by atoms with van der Waals surface area (Å²) < 4.78 is 2.01. The molecule has 0 spiro atoms. The fraction of sp³-hybridized carbons (Fsp3) is 0.867. The van der Waals surface area contributed by atoms with Gasteiger partial charge in [0, 0.05) is 6.54 Å². The van der Waals surface area contributed by atoms with Crippen molar-refractivity contribution in [2.24, 2.45) is 11.8 Å². The van der Waals surface area contributed by atoms with Crippen molar-refractivity contribution in [1.29, 1.82) is 0 Å². The van der Waals surface area contributed by atoms with Crippen LogP contribution in [0.4, 0.5) is 0 Å². The molecule has 0 aliphatic carbocycles. The van der Waals surface area contributed by atoms with Gasteiger partial charge in [0.1, 0.15) is 6.33 Å². The summed E-state index contributed by atoms with van der Waals surface area (Å²) in [5, 5.41) is 7.92. The number of nitrogens with one attached hydrogen (secondary N) is 1. The molecular weight excluding hydrogens is 236 g/mol. The predicted octanol–water partition coefficient (Wildman–Crippen LogP) is 3.24. The van der Waals surface area contributed by atoms with Gasteiger partial charge < -0.3 is 5.32 Å². The molecule has 0 fully saturated rings. The topological polar surface area (TPSA) is 42.7 Å². The second-order valence-corrected chi connectivity index (χ2v) is 5.82. The fourth-order valence-corrected chi connectivity index (χ4v) is 2.16. The van der Waals surface area contributed by atoms with Crippen molar-refractivity contribution in [2.45, 2.75) is 66.5 Å². The summed E-state index contributed by atoms with van der Waals surface area (Å²) in [5.74, 6) is 2.31. The quantitative estimate of drug-likeness (QED) is 0.707. The van der Waals surface area contributed by atoms with Crippen LogP contribution in [0.15, 0.2) is 6.33 Å². The van der Waals surface area contributed by atoms with Crippen molar-refractivity contribution in [1.82, 2.24) is 20.1 Å². The minimum Gasteiger partial charge on any atom is -0.310 e. The Balaban J connectivity index is 2.36. The number of rotatable bonds is 10. The van der Waals surface area contributed by atoms with Crippen LogP contribution >= 0.6 is 0 Å². The third-order valence-electron chi connectivity index (χ3n) is 3.41. The Hall–Kier alpha value is -0.900. The first-order valence-corrected chi connectivity index (χ1v) is 7.74. The van der Waals surface area contributed by atoms with Crippen LogP contribution in [-0.4, -0.2) is 21.3 Å². The first-order chi connectivity index (χ1) is 9.15. The van der Waals surface area contributed by atoms with Crippen LogP contribution in [0.2, 0.25) is 0 Å². The SMILES string of the molecule is CCCCC(CC)Cn1cnc(CNCC(C)C)n1. The van der Waals surface area contributed by atoms with E-state index in [9.17, 15) is 0 Å². The van der Waals surface area contributed by atoms with E-state index in [0.717, 1.165) is 31.4 Å². The highest BCUT2D eigenvalue weighted by Crippen LogP contribution is 2.14. The number of unbranched alkanes of at least 4 members (excludes halogenated alkanes) is 1. The van der Waals surface area contributed by atoms with Gasteiger partial charge >= 0.3 is 0 Å². The van der Waals surface area contributed by atoms with Gasteiger partial charge in [-0.05, 0) is 24.8 Å². The molecule has 0 aromatic carbocycles. The third kappa shape index (κ3) is 6.71. The molecule has 1 N–H and O–H groups in total. The molecule has 0 bridgehead atoms. The Morgan fingerprint density at radius 1 is 1.32 bits per heavy atom. The molecule has 1 heterocycles. The van der Waals surface area contributed by atoms with Crippen LogP contribution in [0, 0.1) is 11.8 Å². The van der Waals surface area contributed by atoms with Gasteiger partial charge in [-0.1, -0.05) is 47.0 Å². The molecule has 1 aromatic heterocycles. The standard InChI is InChI=1S/C15H30N4/c1-5-7-8-14(6-2)11-19-12-17-15(18-19)10-16-9-13(3)4/h12-14,16H,5-11H2,1-4H3. The molecule has 4 nitrogen and oxygen atoms in total. The van der Waals surface area contributed by atoms with Crippen molar-refractivity contribution >= 4 is 0 Å². The lowest BCUT2D eigenvalue weighted by atomic mass is 10.00. The summed E-state index contributed by atoms with van der Waals surface area (Å²) >= 11 is 0. The van der Waals surface area contributed by atoms with Gasteiger partial charge in [0.05, 0.1) is 6.54 Å². The van der Waals surface area contributed by atoms with Crippen LogP contribution in [0.3, 0.4) is 0 Å². The van der Waals surface area contributed by atoms with E-state index < -0.39 is 0 Å². The van der Waals surface area contributed by atoms with Crippen LogP contribution in [0.5, 0.6) is 0 Å². The lowest BCUT2D eigenvalue weighted by Gasteiger charge is -2.13. The first-order valence-electron chi connectivity index (χ1n) is 7.74. The maximum Gasteiger partial charge on any atom is 0.164 e. The zero-order chi connectivity index (χ0) is 14.1. The van der Waals surface area contributed by atoms with E-state index >= 15 is 0 Å². The van der Waals surface area contributed by atoms with Crippen LogP contribution in [0.1, 0.15) is 59.2 Å². The average molecular weight is 266 g/mol. The molecule has 1 aromatic rings. The summed E-state index contributed by atoms with van der Waals surface area (Å²) in [4.78, 5) is 4.37. The molecule has 1 atom stereocenters. The van der Waals surface area contributed by atoms with Gasteiger partial charge in [-0.2, -0.15) is 5.10 Å². The zero-order valence-electron chi connectivity index (χ0n) is 13.0. The maximum absolute atomic E-state index is 4.55. The molecular formula is C15H30N4. The summed E-state index contributed by atoms with van der Waals surface area (Å²) in [7, 11) is 0. The molecule has 1 unspecified atom stereocenters. The van der Waals surface area contributed by atoms with Crippen LogP contribution in [0.25, 0.3) is 0 Å². The molecule has 19 heavy (non-hydrogen) atoms. The Labute approximate surface area is 118 Å². The van der Waals surface area contributed by atoms with Crippen molar-refractivity contribution in [3.05, 3.63) is 12.2 Å². The molecule has 0 radical (unpaired) electrons. The van der Waals surface area contributed by atoms with E-state index in [2.05, 4.69) is 43.1 Å². The summed E-state index contributed by atoms with van der Waals surface area (Å²) in [6, 6.07) is 0. The summed E-state index contributed by atoms with van der Waals surface area (Å²) in [6.07, 6.45) is 6.99. The summed E-state index contributed by atoms with van der Waals surface area (Å²) in [5.41, 5.74) is 0. The smallest absolute Gasteiger partial charge is 0.164 e. The minimum atomic E-state index is 0.667. The van der Waals surface area contributed by atoms with Crippen molar-refractivity contribution in [3.63, 3.8) is 0 Å². The number of hydrogen-bond donors (Lipinski definition) is 1. The highest BCUT2D eigenvalue weighted by molar-refractivity contribution is 4.81. The lowest BCUT2D eigenvalue weighted by Crippen LogP contribution is -2.20. The van der Waals surface area contributed by atoms with E-state index in [4.69, 9.17) is 0 Å². The molecule has 0 amide bonds. The van der Waals surface area contributed by atoms with Gasteiger partial charge in [0.15, 0.2) is 5.82 Å². The second kappa shape index (κ2) is 9.08.